The fraction of sp³-hybridized carbons (Fsp3) is 0.528. The quantitative estimate of drug-likeness (QED) is 0.0438. The number of amides is 6. The first kappa shape index (κ1) is 49.3. The van der Waals surface area contributed by atoms with Gasteiger partial charge in [0.05, 0.1) is 12.6 Å². The number of carboxylic acids is 5. The third-order valence-electron chi connectivity index (χ3n) is 9.10. The maximum atomic E-state index is 13.7. The maximum Gasteiger partial charge on any atom is 0.326 e. The first-order chi connectivity index (χ1) is 28.2. The first-order valence-electron chi connectivity index (χ1n) is 18.6. The molecule has 1 aliphatic heterocycles. The summed E-state index contributed by atoms with van der Waals surface area (Å²) in [7, 11) is 0. The van der Waals surface area contributed by atoms with E-state index in [-0.39, 0.29) is 38.0 Å². The summed E-state index contributed by atoms with van der Waals surface area (Å²) in [6, 6.07) is -3.62. The summed E-state index contributed by atoms with van der Waals surface area (Å²) in [6.45, 7) is -0.882. The predicted octanol–water partition coefficient (Wildman–Crippen LogP) is -3.15. The molecule has 1 heterocycles. The molecule has 0 unspecified atom stereocenters. The lowest BCUT2D eigenvalue weighted by molar-refractivity contribution is -0.144. The van der Waals surface area contributed by atoms with Gasteiger partial charge in [-0.05, 0) is 56.2 Å². The number of aliphatic carboxylic acids is 5. The van der Waals surface area contributed by atoms with Gasteiger partial charge in [0.15, 0.2) is 0 Å². The zero-order valence-electron chi connectivity index (χ0n) is 32.2. The summed E-state index contributed by atoms with van der Waals surface area (Å²) in [5.41, 5.74) is 6.13. The molecule has 2 rings (SSSR count). The highest BCUT2D eigenvalue weighted by Gasteiger charge is 2.40. The average molecular weight is 852 g/mol. The molecule has 6 atom stereocenters. The molecule has 0 aliphatic carbocycles. The number of nitrogens with one attached hydrogen (secondary N) is 5. The van der Waals surface area contributed by atoms with Crippen LogP contribution in [0.3, 0.4) is 0 Å². The molecule has 1 aromatic carbocycles. The number of nitrogens with two attached hydrogens (primary N) is 1. The number of hydrogen-bond acceptors (Lipinski definition) is 13. The smallest absolute Gasteiger partial charge is 0.326 e. The molecule has 0 spiro atoms. The molecule has 1 aliphatic rings. The van der Waals surface area contributed by atoms with Crippen LogP contribution >= 0.6 is 0 Å². The molecule has 330 valence electrons. The summed E-state index contributed by atoms with van der Waals surface area (Å²) in [6.07, 6.45) is -4.07. The van der Waals surface area contributed by atoms with E-state index < -0.39 is 153 Å². The van der Waals surface area contributed by atoms with Crippen molar-refractivity contribution in [3.63, 3.8) is 0 Å². The van der Waals surface area contributed by atoms with Crippen molar-refractivity contribution in [2.75, 3.05) is 13.1 Å². The minimum atomic E-state index is -1.65. The summed E-state index contributed by atoms with van der Waals surface area (Å²) in [5, 5.41) is 66.9. The van der Waals surface area contributed by atoms with E-state index in [1.807, 2.05) is 0 Å². The third kappa shape index (κ3) is 17.3. The number of carbonyl (C=O) groups is 11. The van der Waals surface area contributed by atoms with Gasteiger partial charge in [-0.1, -0.05) is 12.1 Å². The first-order valence-corrected chi connectivity index (χ1v) is 18.6. The summed E-state index contributed by atoms with van der Waals surface area (Å²) in [5.74, 6) is -12.8. The molecule has 0 bridgehead atoms. The normalized spacial score (nSPS) is 15.8. The number of carboxylic acid groups (broad SMARTS) is 5. The van der Waals surface area contributed by atoms with E-state index in [0.29, 0.717) is 5.56 Å². The second-order valence-corrected chi connectivity index (χ2v) is 13.8. The Kier molecular flexibility index (Phi) is 19.8. The van der Waals surface area contributed by atoms with Gasteiger partial charge in [-0.2, -0.15) is 0 Å². The van der Waals surface area contributed by atoms with Crippen LogP contribution in [0.1, 0.15) is 69.8 Å². The van der Waals surface area contributed by atoms with Gasteiger partial charge in [0.25, 0.3) is 0 Å². The minimum Gasteiger partial charge on any atom is -0.508 e. The Morgan fingerprint density at radius 3 is 1.70 bits per heavy atom. The molecule has 1 aromatic rings. The number of carbonyl (C=O) groups excluding carboxylic acids is 6. The molecule has 24 heteroatoms. The van der Waals surface area contributed by atoms with Gasteiger partial charge in [0.1, 0.15) is 36.0 Å². The van der Waals surface area contributed by atoms with Gasteiger partial charge >= 0.3 is 29.8 Å². The highest BCUT2D eigenvalue weighted by molar-refractivity contribution is 5.97. The molecule has 0 radical (unpaired) electrons. The monoisotopic (exact) mass is 851 g/mol. The molecular weight excluding hydrogens is 802 g/mol. The number of likely N-dealkylation sites (tertiary alicyclic amines) is 1. The average Bonchev–Trinajstić information content (AvgIpc) is 3.68. The van der Waals surface area contributed by atoms with Crippen LogP contribution in [-0.4, -0.2) is 150 Å². The second-order valence-electron chi connectivity index (χ2n) is 13.8. The topological polar surface area (TPSA) is 399 Å². The Bertz CT molecular complexity index is 1770. The maximum absolute atomic E-state index is 13.7. The molecule has 1 fully saturated rings. The van der Waals surface area contributed by atoms with Crippen LogP contribution in [0, 0.1) is 0 Å². The number of hydrogen-bond donors (Lipinski definition) is 12. The molecule has 13 N–H and O–H groups in total. The lowest BCUT2D eigenvalue weighted by Gasteiger charge is -2.30. The Hall–Kier alpha value is -6.85. The van der Waals surface area contributed by atoms with E-state index in [1.54, 1.807) is 0 Å². The fourth-order valence-corrected chi connectivity index (χ4v) is 5.93. The van der Waals surface area contributed by atoms with Crippen LogP contribution in [0.25, 0.3) is 0 Å². The van der Waals surface area contributed by atoms with Gasteiger partial charge in [0.2, 0.25) is 35.4 Å². The standard InChI is InChI=1S/C36H49N7O17/c37-20(7-11-27(46)47)31(54)41-22(9-13-29(50)51)35(58)43-15-1-2-25(43)34(57)40-21(8-12-28(48)49)33(56)42-24(16-18-3-5-19(44)6-4-18)32(55)38-17-26(45)39-23(36(59)60)10-14-30(52)53/h3-6,20-25,44H,1-2,7-17,37H2,(H,38,55)(H,39,45)(H,40,57)(H,41,54)(H,42,56)(H,46,47)(H,48,49)(H,50,51)(H,52,53)(H,59,60)/t20-,21-,22-,23-,24-,25-/m0/s1. The number of benzene rings is 1. The van der Waals surface area contributed by atoms with Crippen LogP contribution in [0.5, 0.6) is 5.75 Å². The van der Waals surface area contributed by atoms with E-state index in [1.165, 1.54) is 24.3 Å². The zero-order chi connectivity index (χ0) is 45.1. The van der Waals surface area contributed by atoms with E-state index >= 15 is 0 Å². The van der Waals surface area contributed by atoms with Crippen LogP contribution in [0.15, 0.2) is 24.3 Å². The number of nitrogens with zero attached hydrogens (tertiary/aromatic N) is 1. The van der Waals surface area contributed by atoms with Crippen molar-refractivity contribution in [1.82, 2.24) is 31.5 Å². The number of phenolic OH excluding ortho intramolecular Hbond substituents is 1. The molecule has 1 saturated heterocycles. The molecule has 24 nitrogen and oxygen atoms in total. The summed E-state index contributed by atoms with van der Waals surface area (Å²) in [4.78, 5) is 137. The van der Waals surface area contributed by atoms with Crippen molar-refractivity contribution >= 4 is 65.3 Å². The highest BCUT2D eigenvalue weighted by atomic mass is 16.4. The van der Waals surface area contributed by atoms with E-state index in [9.17, 15) is 73.2 Å². The van der Waals surface area contributed by atoms with Crippen molar-refractivity contribution in [2.24, 2.45) is 5.73 Å². The Balaban J connectivity index is 2.30. The van der Waals surface area contributed by atoms with Crippen LogP contribution in [0.4, 0.5) is 0 Å². The van der Waals surface area contributed by atoms with Gasteiger partial charge in [-0.25, -0.2) is 4.79 Å². The van der Waals surface area contributed by atoms with Crippen molar-refractivity contribution < 1.29 is 83.4 Å². The molecule has 60 heavy (non-hydrogen) atoms. The molecule has 6 amide bonds. The summed E-state index contributed by atoms with van der Waals surface area (Å²) < 4.78 is 0. The van der Waals surface area contributed by atoms with Gasteiger partial charge in [-0.15, -0.1) is 0 Å². The molecule has 0 saturated carbocycles. The van der Waals surface area contributed by atoms with Crippen molar-refractivity contribution in [3.8, 4) is 5.75 Å². The lowest BCUT2D eigenvalue weighted by Crippen LogP contribution is -2.59. The summed E-state index contributed by atoms with van der Waals surface area (Å²) >= 11 is 0. The minimum absolute atomic E-state index is 0.0234. The Labute approximate surface area is 341 Å². The lowest BCUT2D eigenvalue weighted by atomic mass is 10.0. The van der Waals surface area contributed by atoms with E-state index in [0.717, 1.165) is 4.90 Å². The van der Waals surface area contributed by atoms with Gasteiger partial charge < -0.3 is 67.9 Å². The van der Waals surface area contributed by atoms with E-state index in [2.05, 4.69) is 26.6 Å². The molecular formula is C36H49N7O17. The molecule has 0 aromatic heterocycles. The van der Waals surface area contributed by atoms with Crippen molar-refractivity contribution in [2.45, 2.75) is 107 Å². The predicted molar refractivity (Wildman–Crippen MR) is 200 cm³/mol. The number of rotatable bonds is 26. The van der Waals surface area contributed by atoms with Crippen LogP contribution in [-0.2, 0) is 59.2 Å². The van der Waals surface area contributed by atoms with Gasteiger partial charge in [-0.3, -0.25) is 47.9 Å². The largest absolute Gasteiger partial charge is 0.508 e. The number of aromatic hydroxyl groups is 1. The van der Waals surface area contributed by atoms with E-state index in [4.69, 9.17) is 15.9 Å². The highest BCUT2D eigenvalue weighted by Crippen LogP contribution is 2.21. The Morgan fingerprint density at radius 2 is 1.15 bits per heavy atom. The zero-order valence-corrected chi connectivity index (χ0v) is 32.2. The van der Waals surface area contributed by atoms with Crippen LogP contribution in [0.2, 0.25) is 0 Å². The second kappa shape index (κ2) is 24.2. The Morgan fingerprint density at radius 1 is 0.633 bits per heavy atom. The third-order valence-corrected chi connectivity index (χ3v) is 9.10. The van der Waals surface area contributed by atoms with Crippen LogP contribution < -0.4 is 32.3 Å². The van der Waals surface area contributed by atoms with Gasteiger partial charge in [0, 0.05) is 38.6 Å². The van der Waals surface area contributed by atoms with Crippen molar-refractivity contribution in [1.29, 1.82) is 0 Å². The fourth-order valence-electron chi connectivity index (χ4n) is 5.93. The number of phenols is 1. The SMILES string of the molecule is N[C@@H](CCC(=O)O)C(=O)N[C@@H](CCC(=O)O)C(=O)N1CCC[C@H]1C(=O)N[C@@H](CCC(=O)O)C(=O)N[C@@H](Cc1ccc(O)cc1)C(=O)NCC(=O)N[C@@H](CCC(=O)O)C(=O)O. The van der Waals surface area contributed by atoms with Crippen molar-refractivity contribution in [3.05, 3.63) is 29.8 Å².